The highest BCUT2D eigenvalue weighted by Crippen LogP contribution is 2.45. The second kappa shape index (κ2) is 7.99. The van der Waals surface area contributed by atoms with E-state index in [0.29, 0.717) is 13.1 Å². The van der Waals surface area contributed by atoms with Gasteiger partial charge in [0, 0.05) is 25.7 Å². The van der Waals surface area contributed by atoms with Gasteiger partial charge in [0.25, 0.3) is 0 Å². The van der Waals surface area contributed by atoms with Gasteiger partial charge < -0.3 is 4.74 Å². The molecule has 2 aliphatic heterocycles. The number of hydrogen-bond acceptors (Lipinski definition) is 4. The molecule has 0 unspecified atom stereocenters. The molecule has 2 aromatic carbocycles. The molecule has 28 heavy (non-hydrogen) atoms. The molecule has 4 rings (SSSR count). The summed E-state index contributed by atoms with van der Waals surface area (Å²) in [4.78, 5) is 2.46. The van der Waals surface area contributed by atoms with Gasteiger partial charge in [0.05, 0.1) is 12.0 Å². The molecule has 2 fully saturated rings. The number of sulfonamides is 1. The van der Waals surface area contributed by atoms with Crippen molar-refractivity contribution in [3.05, 3.63) is 59.9 Å². The van der Waals surface area contributed by atoms with Crippen molar-refractivity contribution in [2.75, 3.05) is 33.8 Å². The van der Waals surface area contributed by atoms with Crippen LogP contribution in [0.25, 0.3) is 0 Å². The summed E-state index contributed by atoms with van der Waals surface area (Å²) in [6, 6.07) is 13.2. The van der Waals surface area contributed by atoms with Crippen LogP contribution in [0.3, 0.4) is 0 Å². The fraction of sp³-hybridized carbons (Fsp3) is 0.400. The van der Waals surface area contributed by atoms with Gasteiger partial charge in [0.15, 0.2) is 0 Å². The maximum absolute atomic E-state index is 13.2. The number of benzene rings is 2. The standard InChI is InChI=1S/C20H23FN2O3S.ClH/c1-22-11-15-12-23(27(24,25)18-9-5-16(21)6-10-18)13-19(15)20(22)14-3-7-17(26-2)8-4-14;/h3-10,15,19-20H,11-13H2,1-2H3;1H/t15-,19+,20-;/m0./s1. The van der Waals surface area contributed by atoms with Crippen LogP contribution in [-0.4, -0.2) is 51.4 Å². The minimum atomic E-state index is -3.60. The lowest BCUT2D eigenvalue weighted by atomic mass is 9.89. The molecule has 2 heterocycles. The van der Waals surface area contributed by atoms with E-state index >= 15 is 0 Å². The van der Waals surface area contributed by atoms with E-state index in [1.807, 2.05) is 12.1 Å². The summed E-state index contributed by atoms with van der Waals surface area (Å²) in [7, 11) is 0.127. The van der Waals surface area contributed by atoms with E-state index in [4.69, 9.17) is 4.74 Å². The van der Waals surface area contributed by atoms with Crippen LogP contribution >= 0.6 is 12.4 Å². The second-order valence-electron chi connectivity index (χ2n) is 7.36. The maximum Gasteiger partial charge on any atom is 0.243 e. The van der Waals surface area contributed by atoms with Gasteiger partial charge in [-0.1, -0.05) is 12.1 Å². The smallest absolute Gasteiger partial charge is 0.243 e. The van der Waals surface area contributed by atoms with E-state index in [-0.39, 0.29) is 35.2 Å². The topological polar surface area (TPSA) is 49.9 Å². The van der Waals surface area contributed by atoms with Crippen molar-refractivity contribution in [1.29, 1.82) is 0 Å². The van der Waals surface area contributed by atoms with E-state index in [1.165, 1.54) is 29.8 Å². The Morgan fingerprint density at radius 2 is 1.64 bits per heavy atom. The third-order valence-corrected chi connectivity index (χ3v) is 7.62. The highest BCUT2D eigenvalue weighted by Gasteiger charge is 2.49. The summed E-state index contributed by atoms with van der Waals surface area (Å²) < 4.78 is 45.9. The lowest BCUT2D eigenvalue weighted by Gasteiger charge is -2.26. The second-order valence-corrected chi connectivity index (χ2v) is 9.30. The number of nitrogens with zero attached hydrogens (tertiary/aromatic N) is 2. The molecule has 0 N–H and O–H groups in total. The number of fused-ring (bicyclic) bond motifs is 1. The van der Waals surface area contributed by atoms with Crippen molar-refractivity contribution in [2.45, 2.75) is 10.9 Å². The SMILES string of the molecule is COc1ccc([C@H]2[C@@H]3CN(S(=O)(=O)c4ccc(F)cc4)C[C@@H]3CN2C)cc1.Cl. The lowest BCUT2D eigenvalue weighted by Crippen LogP contribution is -2.33. The number of hydrogen-bond donors (Lipinski definition) is 0. The molecule has 152 valence electrons. The molecule has 2 aromatic rings. The monoisotopic (exact) mass is 426 g/mol. The maximum atomic E-state index is 13.2. The number of methoxy groups -OCH3 is 1. The van der Waals surface area contributed by atoms with Crippen molar-refractivity contribution in [1.82, 2.24) is 9.21 Å². The first-order valence-corrected chi connectivity index (χ1v) is 10.4. The number of likely N-dealkylation sites (tertiary alicyclic amines) is 1. The molecule has 2 saturated heterocycles. The number of ether oxygens (including phenoxy) is 1. The van der Waals surface area contributed by atoms with Crippen molar-refractivity contribution in [3.63, 3.8) is 0 Å². The highest BCUT2D eigenvalue weighted by atomic mass is 35.5. The fourth-order valence-corrected chi connectivity index (χ4v) is 6.01. The molecule has 0 radical (unpaired) electrons. The molecule has 2 aliphatic rings. The zero-order chi connectivity index (χ0) is 19.2. The van der Waals surface area contributed by atoms with Gasteiger partial charge >= 0.3 is 0 Å². The van der Waals surface area contributed by atoms with E-state index < -0.39 is 15.8 Å². The zero-order valence-corrected chi connectivity index (χ0v) is 17.4. The summed E-state index contributed by atoms with van der Waals surface area (Å²) in [5.41, 5.74) is 1.17. The van der Waals surface area contributed by atoms with Gasteiger partial charge in [-0.2, -0.15) is 4.31 Å². The van der Waals surface area contributed by atoms with E-state index in [1.54, 1.807) is 11.4 Å². The largest absolute Gasteiger partial charge is 0.497 e. The van der Waals surface area contributed by atoms with Gasteiger partial charge in [-0.15, -0.1) is 12.4 Å². The predicted octanol–water partition coefficient (Wildman–Crippen LogP) is 3.18. The molecule has 0 aromatic heterocycles. The molecule has 0 bridgehead atoms. The van der Waals surface area contributed by atoms with Crippen molar-refractivity contribution in [2.24, 2.45) is 11.8 Å². The number of halogens is 2. The normalized spacial score (nSPS) is 25.3. The van der Waals surface area contributed by atoms with E-state index in [0.717, 1.165) is 12.3 Å². The molecular formula is C20H24ClFN2O3S. The van der Waals surface area contributed by atoms with Crippen LogP contribution in [0.4, 0.5) is 4.39 Å². The highest BCUT2D eigenvalue weighted by molar-refractivity contribution is 7.89. The van der Waals surface area contributed by atoms with Crippen LogP contribution in [0.5, 0.6) is 5.75 Å². The van der Waals surface area contributed by atoms with Gasteiger partial charge in [0.1, 0.15) is 11.6 Å². The summed E-state index contributed by atoms with van der Waals surface area (Å²) in [5.74, 6) is 0.896. The minimum Gasteiger partial charge on any atom is -0.497 e. The van der Waals surface area contributed by atoms with Crippen LogP contribution in [-0.2, 0) is 10.0 Å². The van der Waals surface area contributed by atoms with Crippen LogP contribution in [0.15, 0.2) is 53.4 Å². The summed E-state index contributed by atoms with van der Waals surface area (Å²) in [6.45, 7) is 1.84. The predicted molar refractivity (Wildman–Crippen MR) is 108 cm³/mol. The first-order chi connectivity index (χ1) is 12.9. The third-order valence-electron chi connectivity index (χ3n) is 5.77. The molecule has 5 nitrogen and oxygen atoms in total. The zero-order valence-electron chi connectivity index (χ0n) is 15.8. The molecule has 3 atom stereocenters. The summed E-state index contributed by atoms with van der Waals surface area (Å²) >= 11 is 0. The Labute approximate surface area is 171 Å². The van der Waals surface area contributed by atoms with Gasteiger partial charge in [-0.25, -0.2) is 12.8 Å². The third kappa shape index (κ3) is 3.64. The Balaban J connectivity index is 0.00000225. The quantitative estimate of drug-likeness (QED) is 0.753. The van der Waals surface area contributed by atoms with Crippen LogP contribution < -0.4 is 4.74 Å². The number of rotatable bonds is 4. The molecule has 0 aliphatic carbocycles. The Morgan fingerprint density at radius 3 is 2.25 bits per heavy atom. The molecule has 0 amide bonds. The first kappa shape index (κ1) is 21.0. The summed E-state index contributed by atoms with van der Waals surface area (Å²) in [5, 5.41) is 0. The molecule has 0 saturated carbocycles. The molecular weight excluding hydrogens is 403 g/mol. The average Bonchev–Trinajstić information content (AvgIpc) is 3.19. The van der Waals surface area contributed by atoms with E-state index in [9.17, 15) is 12.8 Å². The van der Waals surface area contributed by atoms with Crippen LogP contribution in [0, 0.1) is 17.7 Å². The Hall–Kier alpha value is -1.67. The fourth-order valence-electron chi connectivity index (χ4n) is 4.47. The first-order valence-electron chi connectivity index (χ1n) is 9.00. The van der Waals surface area contributed by atoms with Gasteiger partial charge in [-0.05, 0) is 60.8 Å². The average molecular weight is 427 g/mol. The van der Waals surface area contributed by atoms with E-state index in [2.05, 4.69) is 24.1 Å². The summed E-state index contributed by atoms with van der Waals surface area (Å²) in [6.07, 6.45) is 0. The molecule has 0 spiro atoms. The Morgan fingerprint density at radius 1 is 1.00 bits per heavy atom. The van der Waals surface area contributed by atoms with Crippen LogP contribution in [0.2, 0.25) is 0 Å². The Kier molecular flexibility index (Phi) is 6.00. The molecule has 8 heteroatoms. The van der Waals surface area contributed by atoms with Crippen molar-refractivity contribution >= 4 is 22.4 Å². The van der Waals surface area contributed by atoms with Crippen molar-refractivity contribution < 1.29 is 17.5 Å². The minimum absolute atomic E-state index is 0. The van der Waals surface area contributed by atoms with Gasteiger partial charge in [-0.3, -0.25) is 4.90 Å². The Bertz CT molecular complexity index is 921. The van der Waals surface area contributed by atoms with Crippen LogP contribution in [0.1, 0.15) is 11.6 Å². The van der Waals surface area contributed by atoms with Gasteiger partial charge in [0.2, 0.25) is 10.0 Å². The van der Waals surface area contributed by atoms with Crippen molar-refractivity contribution in [3.8, 4) is 5.75 Å². The lowest BCUT2D eigenvalue weighted by molar-refractivity contribution is 0.261.